The molecule has 2 aromatic heterocycles. The summed E-state index contributed by atoms with van der Waals surface area (Å²) in [5, 5.41) is 0. The minimum absolute atomic E-state index is 0.0905. The maximum Gasteiger partial charge on any atom is 0.279 e. The van der Waals surface area contributed by atoms with Crippen molar-refractivity contribution in [3.63, 3.8) is 0 Å². The number of furan rings is 1. The van der Waals surface area contributed by atoms with Crippen molar-refractivity contribution < 1.29 is 17.6 Å². The van der Waals surface area contributed by atoms with Crippen LogP contribution < -0.4 is 4.80 Å². The van der Waals surface area contributed by atoms with Gasteiger partial charge in [0.25, 0.3) is 5.91 Å². The second-order valence-electron chi connectivity index (χ2n) is 8.00. The third-order valence-corrected chi connectivity index (χ3v) is 8.44. The van der Waals surface area contributed by atoms with Crippen molar-refractivity contribution in [1.82, 2.24) is 8.87 Å². The maximum absolute atomic E-state index is 12.9. The molecule has 1 amide bonds. The third kappa shape index (κ3) is 4.68. The van der Waals surface area contributed by atoms with Gasteiger partial charge in [-0.1, -0.05) is 23.5 Å². The number of nitrogens with zero attached hydrogens (tertiary/aromatic N) is 3. The van der Waals surface area contributed by atoms with Crippen molar-refractivity contribution in [3.05, 3.63) is 94.7 Å². The number of allylic oxidation sites excluding steroid dienone is 1. The minimum Gasteiger partial charge on any atom is -0.468 e. The van der Waals surface area contributed by atoms with Crippen molar-refractivity contribution in [2.75, 3.05) is 7.05 Å². The molecule has 4 aromatic rings. The van der Waals surface area contributed by atoms with Crippen LogP contribution in [-0.4, -0.2) is 30.2 Å². The molecule has 0 unspecified atom stereocenters. The van der Waals surface area contributed by atoms with Crippen LogP contribution >= 0.6 is 11.3 Å². The van der Waals surface area contributed by atoms with Gasteiger partial charge in [0.2, 0.25) is 10.0 Å². The largest absolute Gasteiger partial charge is 0.468 e. The number of hydrogen-bond donors (Lipinski definition) is 0. The molecule has 2 heterocycles. The topological polar surface area (TPSA) is 84.9 Å². The first-order chi connectivity index (χ1) is 16.2. The van der Waals surface area contributed by atoms with Gasteiger partial charge in [-0.2, -0.15) is 9.30 Å². The summed E-state index contributed by atoms with van der Waals surface area (Å²) in [5.74, 6) is 0.102. The molecular weight excluding hydrogens is 470 g/mol. The van der Waals surface area contributed by atoms with E-state index in [2.05, 4.69) is 23.7 Å². The number of rotatable bonds is 7. The lowest BCUT2D eigenvalue weighted by molar-refractivity contribution is 0.0997. The van der Waals surface area contributed by atoms with Crippen LogP contribution in [0.2, 0.25) is 0 Å². The smallest absolute Gasteiger partial charge is 0.279 e. The van der Waals surface area contributed by atoms with Gasteiger partial charge in [0.15, 0.2) is 4.80 Å². The fraction of sp³-hybridized carbons (Fsp3) is 0.200. The van der Waals surface area contributed by atoms with Crippen LogP contribution in [0.4, 0.5) is 0 Å². The van der Waals surface area contributed by atoms with E-state index in [0.717, 1.165) is 21.3 Å². The highest BCUT2D eigenvalue weighted by Crippen LogP contribution is 2.24. The Hall–Kier alpha value is -3.27. The van der Waals surface area contributed by atoms with E-state index in [9.17, 15) is 13.2 Å². The van der Waals surface area contributed by atoms with Gasteiger partial charge < -0.3 is 8.98 Å². The van der Waals surface area contributed by atoms with E-state index in [0.29, 0.717) is 22.7 Å². The van der Waals surface area contributed by atoms with Crippen molar-refractivity contribution >= 4 is 37.5 Å². The van der Waals surface area contributed by atoms with E-state index in [4.69, 9.17) is 4.42 Å². The number of sulfonamides is 1. The predicted molar refractivity (Wildman–Crippen MR) is 133 cm³/mol. The molecular formula is C25H25N3O4S2. The summed E-state index contributed by atoms with van der Waals surface area (Å²) in [6.07, 6.45) is 3.27. The molecule has 0 atom stereocenters. The molecule has 0 bridgehead atoms. The Balaban J connectivity index is 1.64. The van der Waals surface area contributed by atoms with Gasteiger partial charge in [-0.3, -0.25) is 4.79 Å². The summed E-state index contributed by atoms with van der Waals surface area (Å²) in [6.45, 7) is 8.53. The van der Waals surface area contributed by atoms with E-state index >= 15 is 0 Å². The zero-order chi connectivity index (χ0) is 24.5. The van der Waals surface area contributed by atoms with E-state index < -0.39 is 15.9 Å². The summed E-state index contributed by atoms with van der Waals surface area (Å²) in [4.78, 5) is 18.0. The van der Waals surface area contributed by atoms with Gasteiger partial charge in [-0.15, -0.1) is 6.58 Å². The van der Waals surface area contributed by atoms with E-state index in [1.54, 1.807) is 18.2 Å². The number of aryl methyl sites for hydroxylation is 2. The third-order valence-electron chi connectivity index (χ3n) is 5.39. The molecule has 0 spiro atoms. The number of carbonyl (C=O) groups excluding carboxylic acids is 1. The average Bonchev–Trinajstić information content (AvgIpc) is 3.43. The molecule has 4 rings (SSSR count). The maximum atomic E-state index is 12.9. The Morgan fingerprint density at radius 3 is 2.59 bits per heavy atom. The number of benzene rings is 2. The Morgan fingerprint density at radius 2 is 1.94 bits per heavy atom. The van der Waals surface area contributed by atoms with Gasteiger partial charge >= 0.3 is 0 Å². The molecule has 176 valence electrons. The quantitative estimate of drug-likeness (QED) is 0.349. The average molecular weight is 496 g/mol. The fourth-order valence-corrected chi connectivity index (χ4v) is 5.94. The Bertz CT molecular complexity index is 1530. The molecule has 0 fully saturated rings. The van der Waals surface area contributed by atoms with Crippen LogP contribution in [0.5, 0.6) is 0 Å². The van der Waals surface area contributed by atoms with Crippen LogP contribution in [0.25, 0.3) is 10.2 Å². The molecule has 0 saturated heterocycles. The molecule has 0 radical (unpaired) electrons. The van der Waals surface area contributed by atoms with Crippen molar-refractivity contribution in [2.24, 2.45) is 4.99 Å². The first kappa shape index (κ1) is 23.9. The summed E-state index contributed by atoms with van der Waals surface area (Å²) in [7, 11) is -2.26. The summed E-state index contributed by atoms with van der Waals surface area (Å²) in [5.41, 5.74) is 3.57. The van der Waals surface area contributed by atoms with E-state index in [1.807, 2.05) is 18.4 Å². The first-order valence-electron chi connectivity index (χ1n) is 10.6. The number of amides is 1. The summed E-state index contributed by atoms with van der Waals surface area (Å²) < 4.78 is 35.2. The highest BCUT2D eigenvalue weighted by Gasteiger charge is 2.22. The predicted octanol–water partition coefficient (Wildman–Crippen LogP) is 4.66. The standard InChI is InChI=1S/C25H25N3O4S2/c1-5-12-28-22-15-17(2)14-18(3)23(22)33-25(28)26-24(29)19-8-10-21(11-9-19)34(30,31)27(4)16-20-7-6-13-32-20/h5-11,13-15H,1,12,16H2,2-4H3. The first-order valence-corrected chi connectivity index (χ1v) is 12.9. The second kappa shape index (κ2) is 9.54. The van der Waals surface area contributed by atoms with Gasteiger partial charge in [0, 0.05) is 19.2 Å². The molecule has 34 heavy (non-hydrogen) atoms. The lowest BCUT2D eigenvalue weighted by Crippen LogP contribution is -2.26. The molecule has 0 aliphatic heterocycles. The molecule has 0 saturated carbocycles. The molecule has 9 heteroatoms. The zero-order valence-electron chi connectivity index (χ0n) is 19.2. The van der Waals surface area contributed by atoms with Crippen LogP contribution in [0.3, 0.4) is 0 Å². The normalized spacial score (nSPS) is 12.5. The molecule has 2 aromatic carbocycles. The molecule has 7 nitrogen and oxygen atoms in total. The lowest BCUT2D eigenvalue weighted by atomic mass is 10.1. The van der Waals surface area contributed by atoms with Crippen molar-refractivity contribution in [1.29, 1.82) is 0 Å². The van der Waals surface area contributed by atoms with Gasteiger partial charge in [-0.25, -0.2) is 8.42 Å². The monoisotopic (exact) mass is 495 g/mol. The zero-order valence-corrected chi connectivity index (χ0v) is 20.8. The highest BCUT2D eigenvalue weighted by atomic mass is 32.2. The number of carbonyl (C=O) groups is 1. The van der Waals surface area contributed by atoms with Crippen LogP contribution in [0.15, 0.2) is 81.8 Å². The van der Waals surface area contributed by atoms with Crippen LogP contribution in [0, 0.1) is 13.8 Å². The van der Waals surface area contributed by atoms with E-state index in [-0.39, 0.29) is 11.4 Å². The Kier molecular flexibility index (Phi) is 6.70. The van der Waals surface area contributed by atoms with Gasteiger partial charge in [0.1, 0.15) is 5.76 Å². The molecule has 0 N–H and O–H groups in total. The van der Waals surface area contributed by atoms with Gasteiger partial charge in [-0.05, 0) is 67.4 Å². The summed E-state index contributed by atoms with van der Waals surface area (Å²) in [6, 6.07) is 13.4. The van der Waals surface area contributed by atoms with E-state index in [1.165, 1.54) is 53.2 Å². The number of fused-ring (bicyclic) bond motifs is 1. The Labute approximate surface area is 202 Å². The fourth-order valence-electron chi connectivity index (χ4n) is 3.71. The van der Waals surface area contributed by atoms with Crippen molar-refractivity contribution in [2.45, 2.75) is 31.8 Å². The number of aromatic nitrogens is 1. The molecule has 0 aliphatic carbocycles. The van der Waals surface area contributed by atoms with Gasteiger partial charge in [0.05, 0.1) is 27.9 Å². The Morgan fingerprint density at radius 1 is 1.21 bits per heavy atom. The lowest BCUT2D eigenvalue weighted by Gasteiger charge is -2.16. The minimum atomic E-state index is -3.74. The SMILES string of the molecule is C=CCn1c(=NC(=O)c2ccc(S(=O)(=O)N(C)Cc3ccco3)cc2)sc2c(C)cc(C)cc21. The van der Waals surface area contributed by atoms with Crippen molar-refractivity contribution in [3.8, 4) is 0 Å². The second-order valence-corrected chi connectivity index (χ2v) is 11.0. The van der Waals surface area contributed by atoms with Crippen LogP contribution in [-0.2, 0) is 23.1 Å². The number of hydrogen-bond acceptors (Lipinski definition) is 5. The van der Waals surface area contributed by atoms with Crippen LogP contribution in [0.1, 0.15) is 27.2 Å². The highest BCUT2D eigenvalue weighted by molar-refractivity contribution is 7.89. The number of thiazole rings is 1. The summed E-state index contributed by atoms with van der Waals surface area (Å²) >= 11 is 1.45. The molecule has 0 aliphatic rings.